The van der Waals surface area contributed by atoms with Crippen molar-refractivity contribution in [1.82, 2.24) is 20.2 Å². The molecule has 2 unspecified atom stereocenters. The first-order valence-corrected chi connectivity index (χ1v) is 27.7. The number of anilines is 3. The van der Waals surface area contributed by atoms with Crippen molar-refractivity contribution in [3.05, 3.63) is 196 Å². The fraction of sp³-hybridized carbons (Fsp3) is 0.241. The number of thiazole rings is 1. The number of nitrogen functional groups attached to an aromatic ring is 2. The maximum atomic E-state index is 14.9. The maximum Gasteiger partial charge on any atom is 0.355 e. The average molecular weight is 1110 g/mol. The zero-order valence-electron chi connectivity index (χ0n) is 43.7. The molecule has 7 aromatic rings. The number of amides is 2. The average Bonchev–Trinajstić information content (AvgIpc) is 4.06. The van der Waals surface area contributed by atoms with Gasteiger partial charge in [0.2, 0.25) is 17.2 Å². The lowest BCUT2D eigenvalue weighted by Crippen LogP contribution is -2.71. The summed E-state index contributed by atoms with van der Waals surface area (Å²) in [4.78, 5) is 74.2. The Bertz CT molecular complexity index is 3280. The van der Waals surface area contributed by atoms with Crippen molar-refractivity contribution in [2.45, 2.75) is 74.5 Å². The Hall–Kier alpha value is -8.20. The van der Waals surface area contributed by atoms with Gasteiger partial charge in [0.15, 0.2) is 10.8 Å². The van der Waals surface area contributed by atoms with E-state index in [0.717, 1.165) is 22.4 Å². The number of hydrogen-bond acceptors (Lipinski definition) is 17. The van der Waals surface area contributed by atoms with Crippen molar-refractivity contribution >= 4 is 81.1 Å². The topological polar surface area (TPSA) is 227 Å². The second-order valence-corrected chi connectivity index (χ2v) is 22.5. The molecule has 9 rings (SSSR count). The van der Waals surface area contributed by atoms with Crippen LogP contribution in [-0.2, 0) is 45.6 Å². The molecule has 2 amide bonds. The highest BCUT2D eigenvalue weighted by Crippen LogP contribution is 2.43. The molecule has 2 atom stereocenters. The third-order valence-electron chi connectivity index (χ3n) is 12.5. The summed E-state index contributed by atoms with van der Waals surface area (Å²) < 4.78 is 18.6. The Labute approximate surface area is 464 Å². The molecule has 2 aromatic heterocycles. The van der Waals surface area contributed by atoms with Crippen LogP contribution in [-0.4, -0.2) is 85.6 Å². The second-order valence-electron chi connectivity index (χ2n) is 19.6. The molecule has 20 heteroatoms. The molecule has 2 aliphatic heterocycles. The first-order chi connectivity index (χ1) is 37.5. The minimum atomic E-state index is -1.67. The molecule has 0 bridgehead atoms. The third-order valence-corrected chi connectivity index (χ3v) is 15.7. The van der Waals surface area contributed by atoms with E-state index in [1.54, 1.807) is 68.2 Å². The number of rotatable bonds is 19. The molecule has 78 heavy (non-hydrogen) atoms. The molecule has 0 aliphatic carbocycles. The summed E-state index contributed by atoms with van der Waals surface area (Å²) in [5, 5.41) is 12.7. The van der Waals surface area contributed by atoms with Crippen LogP contribution in [0.4, 0.5) is 16.8 Å². The van der Waals surface area contributed by atoms with Crippen LogP contribution in [0, 0.1) is 0 Å². The molecule has 1 fully saturated rings. The number of β-lactam (4-membered cyclic amide) rings is 1. The van der Waals surface area contributed by atoms with Gasteiger partial charge in [-0.2, -0.15) is 4.57 Å². The highest BCUT2D eigenvalue weighted by Gasteiger charge is 2.55. The van der Waals surface area contributed by atoms with Gasteiger partial charge in [0.1, 0.15) is 52.0 Å². The molecule has 2 aliphatic rings. The minimum Gasteiger partial charge on any atom is -0.497 e. The summed E-state index contributed by atoms with van der Waals surface area (Å²) in [6.07, 6.45) is 0. The largest absolute Gasteiger partial charge is 0.497 e. The van der Waals surface area contributed by atoms with E-state index in [4.69, 9.17) is 35.5 Å². The highest BCUT2D eigenvalue weighted by atomic mass is 32.2. The summed E-state index contributed by atoms with van der Waals surface area (Å²) in [5.41, 5.74) is 13.8. The lowest BCUT2D eigenvalue weighted by Gasteiger charge is -2.49. The number of carbonyl (C=O) groups excluding carboxylic acids is 4. The van der Waals surface area contributed by atoms with Crippen LogP contribution < -0.4 is 31.4 Å². The Morgan fingerprint density at radius 1 is 0.821 bits per heavy atom. The van der Waals surface area contributed by atoms with E-state index >= 15 is 0 Å². The van der Waals surface area contributed by atoms with E-state index in [0.29, 0.717) is 33.0 Å². The predicted molar refractivity (Wildman–Crippen MR) is 303 cm³/mol. The van der Waals surface area contributed by atoms with Crippen LogP contribution in [0.3, 0.4) is 0 Å². The fourth-order valence-corrected chi connectivity index (χ4v) is 12.0. The number of ether oxygens (including phenoxy) is 3. The highest BCUT2D eigenvalue weighted by molar-refractivity contribution is 8.01. The molecular formula is C58H58N9O8S3+. The molecule has 0 saturated carbocycles. The van der Waals surface area contributed by atoms with Crippen molar-refractivity contribution in [3.63, 3.8) is 0 Å². The molecule has 1 saturated heterocycles. The zero-order chi connectivity index (χ0) is 55.2. The number of carbonyl (C=O) groups is 4. The van der Waals surface area contributed by atoms with Gasteiger partial charge in [-0.25, -0.2) is 14.6 Å². The van der Waals surface area contributed by atoms with E-state index in [1.807, 2.05) is 121 Å². The van der Waals surface area contributed by atoms with E-state index in [-0.39, 0.29) is 41.0 Å². The van der Waals surface area contributed by atoms with Crippen molar-refractivity contribution in [2.24, 2.45) is 5.16 Å². The SMILES string of the molecule is COc1ccc(COC(=O)C2=C(CSc3nc(N)cc(N)[n+]3-c3ccccc3)CSC3C(NC(=O)/C(=N\OC(C)(C)C(=O)OC(C)(C)C)c4csc(NC(c5ccccc5)(c5ccccc5)c5ccccc5)n4)C(=O)N23)cc1. The van der Waals surface area contributed by atoms with Crippen molar-refractivity contribution in [1.29, 1.82) is 0 Å². The molecule has 17 nitrogen and oxygen atoms in total. The van der Waals surface area contributed by atoms with Gasteiger partial charge in [-0.05, 0) is 98.5 Å². The van der Waals surface area contributed by atoms with Crippen LogP contribution in [0.25, 0.3) is 5.69 Å². The van der Waals surface area contributed by atoms with Gasteiger partial charge in [-0.3, -0.25) is 14.5 Å². The maximum absolute atomic E-state index is 14.9. The van der Waals surface area contributed by atoms with Crippen LogP contribution in [0.2, 0.25) is 0 Å². The van der Waals surface area contributed by atoms with E-state index in [9.17, 15) is 19.2 Å². The number of nitrogens with one attached hydrogen (secondary N) is 2. The van der Waals surface area contributed by atoms with Crippen molar-refractivity contribution in [3.8, 4) is 11.4 Å². The number of hydrogen-bond donors (Lipinski definition) is 4. The standard InChI is InChI=1S/C58H57N9O8S3/c1-56(2,3)74-53(71)57(4,5)75-65-46(43-35-77-54(61-43)64-58(38-19-11-7-12-20-38,39-21-13-8-14-22-39)40-23-15-9-16-24-40)49(68)63-47-50(69)67-48(52(70)73-32-36-27-29-42(72-6)30-28-36)37(33-76-51(47)67)34-78-55-62-44(59)31-45(60)66(55)41-25-17-10-18-26-41/h7-31,35,47,51H,32-34H2,1-6H3,(H5,59,60,61,63,64,68)/p+1/b65-46-. The number of benzene rings is 5. The van der Waals surface area contributed by atoms with Gasteiger partial charge in [-0.1, -0.05) is 131 Å². The summed E-state index contributed by atoms with van der Waals surface area (Å²) in [6, 6.07) is 46.8. The number of nitrogens with two attached hydrogens (primary N) is 2. The lowest BCUT2D eigenvalue weighted by atomic mass is 9.77. The Morgan fingerprint density at radius 3 is 1.99 bits per heavy atom. The third kappa shape index (κ3) is 11.8. The second kappa shape index (κ2) is 23.2. The van der Waals surface area contributed by atoms with Gasteiger partial charge >= 0.3 is 17.1 Å². The molecule has 6 N–H and O–H groups in total. The first-order valence-electron chi connectivity index (χ1n) is 24.8. The summed E-state index contributed by atoms with van der Waals surface area (Å²) in [6.45, 7) is 8.04. The Kier molecular flexibility index (Phi) is 16.2. The quantitative estimate of drug-likeness (QED) is 0.00871. The minimum absolute atomic E-state index is 0.0451. The summed E-state index contributed by atoms with van der Waals surface area (Å²) >= 11 is 3.88. The van der Waals surface area contributed by atoms with E-state index in [2.05, 4.69) is 20.8 Å². The number of nitrogens with zero attached hydrogens (tertiary/aromatic N) is 5. The summed E-state index contributed by atoms with van der Waals surface area (Å²) in [7, 11) is 1.56. The number of aromatic nitrogens is 3. The monoisotopic (exact) mass is 1100 g/mol. The Morgan fingerprint density at radius 2 is 1.41 bits per heavy atom. The van der Waals surface area contributed by atoms with Gasteiger partial charge in [0.05, 0.1) is 13.2 Å². The van der Waals surface area contributed by atoms with Gasteiger partial charge in [-0.15, -0.1) is 23.1 Å². The van der Waals surface area contributed by atoms with Gasteiger partial charge in [0.25, 0.3) is 11.8 Å². The number of esters is 2. The smallest absolute Gasteiger partial charge is 0.355 e. The molecule has 4 heterocycles. The predicted octanol–water partition coefficient (Wildman–Crippen LogP) is 8.42. The number of thioether (sulfide) groups is 2. The number of para-hydroxylation sites is 1. The molecule has 5 aromatic carbocycles. The van der Waals surface area contributed by atoms with Crippen LogP contribution in [0.15, 0.2) is 179 Å². The van der Waals surface area contributed by atoms with Gasteiger partial charge in [0, 0.05) is 16.9 Å². The van der Waals surface area contributed by atoms with E-state index in [1.165, 1.54) is 53.6 Å². The number of methoxy groups -OCH3 is 1. The fourth-order valence-electron chi connectivity index (χ4n) is 8.72. The number of oxime groups is 1. The lowest BCUT2D eigenvalue weighted by molar-refractivity contribution is -0.626. The molecule has 0 radical (unpaired) electrons. The Balaban J connectivity index is 1.04. The molecule has 0 spiro atoms. The van der Waals surface area contributed by atoms with Crippen LogP contribution >= 0.6 is 34.9 Å². The zero-order valence-corrected chi connectivity index (χ0v) is 46.1. The first kappa shape index (κ1) is 54.6. The van der Waals surface area contributed by atoms with Crippen molar-refractivity contribution in [2.75, 3.05) is 35.4 Å². The van der Waals surface area contributed by atoms with Gasteiger partial charge < -0.3 is 41.1 Å². The van der Waals surface area contributed by atoms with Crippen LogP contribution in [0.5, 0.6) is 5.75 Å². The van der Waals surface area contributed by atoms with E-state index < -0.39 is 51.9 Å². The van der Waals surface area contributed by atoms with Crippen molar-refractivity contribution < 1.29 is 42.8 Å². The summed E-state index contributed by atoms with van der Waals surface area (Å²) in [5.74, 6) is -1.20. The van der Waals surface area contributed by atoms with Crippen LogP contribution in [0.1, 0.15) is 62.6 Å². The molecular weight excluding hydrogens is 1050 g/mol. The molecule has 400 valence electrons. The normalized spacial score (nSPS) is 15.6. The number of fused-ring (bicyclic) bond motifs is 1.